The fraction of sp³-hybridized carbons (Fsp3) is 0.615. The molecule has 0 bridgehead atoms. The van der Waals surface area contributed by atoms with Crippen molar-refractivity contribution in [3.8, 4) is 0 Å². The monoisotopic (exact) mass is 236 g/mol. The first-order valence-electron chi connectivity index (χ1n) is 6.16. The molecule has 0 saturated heterocycles. The highest BCUT2D eigenvalue weighted by atomic mass is 15.2. The summed E-state index contributed by atoms with van der Waals surface area (Å²) in [7, 11) is 4.18. The molecule has 0 saturated carbocycles. The zero-order valence-corrected chi connectivity index (χ0v) is 11.4. The summed E-state index contributed by atoms with van der Waals surface area (Å²) < 4.78 is 0. The Bertz CT molecular complexity index is 349. The number of nitrogens with zero attached hydrogens (tertiary/aromatic N) is 3. The van der Waals surface area contributed by atoms with Gasteiger partial charge in [0.2, 0.25) is 0 Å². The van der Waals surface area contributed by atoms with Crippen LogP contribution < -0.4 is 10.6 Å². The van der Waals surface area contributed by atoms with E-state index in [9.17, 15) is 0 Å². The van der Waals surface area contributed by atoms with Crippen molar-refractivity contribution in [1.82, 2.24) is 9.88 Å². The first-order chi connectivity index (χ1) is 8.04. The summed E-state index contributed by atoms with van der Waals surface area (Å²) in [6.07, 6.45) is 2.88. The lowest BCUT2D eigenvalue weighted by molar-refractivity contribution is 0.412. The van der Waals surface area contributed by atoms with E-state index >= 15 is 0 Å². The number of pyridine rings is 1. The van der Waals surface area contributed by atoms with Crippen molar-refractivity contribution >= 4 is 11.5 Å². The molecule has 17 heavy (non-hydrogen) atoms. The smallest absolute Gasteiger partial charge is 0.128 e. The molecule has 4 nitrogen and oxygen atoms in total. The molecular formula is C13H24N4. The molecule has 0 atom stereocenters. The van der Waals surface area contributed by atoms with E-state index in [0.29, 0.717) is 0 Å². The molecule has 1 aromatic heterocycles. The van der Waals surface area contributed by atoms with E-state index in [-0.39, 0.29) is 0 Å². The quantitative estimate of drug-likeness (QED) is 0.817. The van der Waals surface area contributed by atoms with Gasteiger partial charge in [-0.15, -0.1) is 0 Å². The lowest BCUT2D eigenvalue weighted by atomic mass is 10.2. The van der Waals surface area contributed by atoms with Gasteiger partial charge in [-0.3, -0.25) is 0 Å². The van der Waals surface area contributed by atoms with Gasteiger partial charge in [0.15, 0.2) is 0 Å². The number of nitrogen functional groups attached to an aromatic ring is 1. The first kappa shape index (κ1) is 13.8. The number of anilines is 2. The van der Waals surface area contributed by atoms with Gasteiger partial charge in [-0.05, 0) is 39.1 Å². The van der Waals surface area contributed by atoms with Crippen LogP contribution in [0.15, 0.2) is 12.3 Å². The Morgan fingerprint density at radius 1 is 1.24 bits per heavy atom. The third-order valence-electron chi connectivity index (χ3n) is 2.77. The second-order valence-corrected chi connectivity index (χ2v) is 4.69. The number of hydrogen-bond donors (Lipinski definition) is 1. The van der Waals surface area contributed by atoms with Gasteiger partial charge in [0.05, 0.1) is 11.9 Å². The lowest BCUT2D eigenvalue weighted by Crippen LogP contribution is -2.33. The molecule has 0 spiro atoms. The molecule has 2 N–H and O–H groups in total. The fourth-order valence-electron chi connectivity index (χ4n) is 1.66. The fourth-order valence-corrected chi connectivity index (χ4v) is 1.66. The number of aromatic nitrogens is 1. The molecule has 4 heteroatoms. The van der Waals surface area contributed by atoms with Crippen LogP contribution in [-0.4, -0.2) is 43.6 Å². The molecule has 0 unspecified atom stereocenters. The van der Waals surface area contributed by atoms with E-state index in [0.717, 1.165) is 43.1 Å². The number of nitrogens with two attached hydrogens (primary N) is 1. The Morgan fingerprint density at radius 3 is 2.47 bits per heavy atom. The standard InChI is InChI=1S/C13H24N4/c1-5-6-17(8-7-16(3)4)13-9-11(2)12(14)10-15-13/h9-10H,5-8,14H2,1-4H3. The van der Waals surface area contributed by atoms with Crippen LogP contribution in [0.1, 0.15) is 18.9 Å². The topological polar surface area (TPSA) is 45.4 Å². The molecule has 0 aliphatic heterocycles. The Kier molecular flexibility index (Phi) is 5.22. The van der Waals surface area contributed by atoms with Crippen LogP contribution in [-0.2, 0) is 0 Å². The summed E-state index contributed by atoms with van der Waals surface area (Å²) >= 11 is 0. The Hall–Kier alpha value is -1.29. The number of aryl methyl sites for hydroxylation is 1. The van der Waals surface area contributed by atoms with Crippen LogP contribution in [0.3, 0.4) is 0 Å². The molecule has 96 valence electrons. The zero-order chi connectivity index (χ0) is 12.8. The maximum Gasteiger partial charge on any atom is 0.128 e. The summed E-state index contributed by atoms with van der Waals surface area (Å²) in [4.78, 5) is 8.92. The Morgan fingerprint density at radius 2 is 1.94 bits per heavy atom. The predicted molar refractivity (Wildman–Crippen MR) is 74.4 cm³/mol. The van der Waals surface area contributed by atoms with Crippen molar-refractivity contribution in [2.75, 3.05) is 44.4 Å². The van der Waals surface area contributed by atoms with Crippen LogP contribution in [0.4, 0.5) is 11.5 Å². The Labute approximate surface area is 104 Å². The van der Waals surface area contributed by atoms with Crippen LogP contribution in [0.5, 0.6) is 0 Å². The number of rotatable bonds is 6. The molecular weight excluding hydrogens is 212 g/mol. The molecule has 1 rings (SSSR count). The second kappa shape index (κ2) is 6.45. The molecule has 0 radical (unpaired) electrons. The maximum absolute atomic E-state index is 5.80. The zero-order valence-electron chi connectivity index (χ0n) is 11.4. The van der Waals surface area contributed by atoms with Gasteiger partial charge >= 0.3 is 0 Å². The summed E-state index contributed by atoms with van der Waals surface area (Å²) in [5, 5.41) is 0. The highest BCUT2D eigenvalue weighted by Crippen LogP contribution is 2.17. The van der Waals surface area contributed by atoms with Crippen molar-refractivity contribution in [1.29, 1.82) is 0 Å². The van der Waals surface area contributed by atoms with Crippen molar-refractivity contribution < 1.29 is 0 Å². The Balaban J connectivity index is 2.77. The highest BCUT2D eigenvalue weighted by molar-refractivity contribution is 5.52. The SMILES string of the molecule is CCCN(CCN(C)C)c1cc(C)c(N)cn1. The van der Waals surface area contributed by atoms with E-state index in [1.165, 1.54) is 0 Å². The van der Waals surface area contributed by atoms with Gasteiger partial charge in [-0.1, -0.05) is 6.92 Å². The third-order valence-corrected chi connectivity index (χ3v) is 2.77. The second-order valence-electron chi connectivity index (χ2n) is 4.69. The highest BCUT2D eigenvalue weighted by Gasteiger charge is 2.08. The minimum atomic E-state index is 0.762. The summed E-state index contributed by atoms with van der Waals surface area (Å²) in [5.74, 6) is 1.03. The summed E-state index contributed by atoms with van der Waals surface area (Å²) in [6, 6.07) is 2.07. The van der Waals surface area contributed by atoms with Gasteiger partial charge in [0.1, 0.15) is 5.82 Å². The van der Waals surface area contributed by atoms with E-state index < -0.39 is 0 Å². The van der Waals surface area contributed by atoms with Crippen molar-refractivity contribution in [2.24, 2.45) is 0 Å². The summed E-state index contributed by atoms with van der Waals surface area (Å²) in [6.45, 7) is 7.27. The van der Waals surface area contributed by atoms with E-state index in [1.54, 1.807) is 6.20 Å². The molecule has 0 amide bonds. The van der Waals surface area contributed by atoms with Crippen molar-refractivity contribution in [2.45, 2.75) is 20.3 Å². The van der Waals surface area contributed by atoms with Gasteiger partial charge in [0.25, 0.3) is 0 Å². The van der Waals surface area contributed by atoms with Crippen molar-refractivity contribution in [3.63, 3.8) is 0 Å². The van der Waals surface area contributed by atoms with E-state index in [2.05, 4.69) is 41.9 Å². The van der Waals surface area contributed by atoms with Crippen molar-refractivity contribution in [3.05, 3.63) is 17.8 Å². The minimum Gasteiger partial charge on any atom is -0.397 e. The third kappa shape index (κ3) is 4.23. The largest absolute Gasteiger partial charge is 0.397 e. The van der Waals surface area contributed by atoms with Gasteiger partial charge in [-0.2, -0.15) is 0 Å². The minimum absolute atomic E-state index is 0.762. The molecule has 1 aromatic rings. The van der Waals surface area contributed by atoms with Crippen LogP contribution in [0.25, 0.3) is 0 Å². The predicted octanol–water partition coefficient (Wildman–Crippen LogP) is 1.75. The maximum atomic E-state index is 5.80. The van der Waals surface area contributed by atoms with Crippen LogP contribution >= 0.6 is 0 Å². The van der Waals surface area contributed by atoms with Crippen LogP contribution in [0, 0.1) is 6.92 Å². The van der Waals surface area contributed by atoms with E-state index in [1.807, 2.05) is 6.92 Å². The van der Waals surface area contributed by atoms with E-state index in [4.69, 9.17) is 5.73 Å². The van der Waals surface area contributed by atoms with Crippen LogP contribution in [0.2, 0.25) is 0 Å². The average Bonchev–Trinajstić information content (AvgIpc) is 2.28. The van der Waals surface area contributed by atoms with Gasteiger partial charge in [-0.25, -0.2) is 4.98 Å². The molecule has 0 aliphatic rings. The van der Waals surface area contributed by atoms with Gasteiger partial charge < -0.3 is 15.5 Å². The number of hydrogen-bond acceptors (Lipinski definition) is 4. The molecule has 0 aromatic carbocycles. The van der Waals surface area contributed by atoms with Gasteiger partial charge in [0, 0.05) is 19.6 Å². The molecule has 0 aliphatic carbocycles. The molecule has 1 heterocycles. The average molecular weight is 236 g/mol. The summed E-state index contributed by atoms with van der Waals surface area (Å²) in [5.41, 5.74) is 7.66. The lowest BCUT2D eigenvalue weighted by Gasteiger charge is -2.25. The number of likely N-dealkylation sites (N-methyl/N-ethyl adjacent to an activating group) is 1. The first-order valence-corrected chi connectivity index (χ1v) is 6.16. The molecule has 0 fully saturated rings. The normalized spacial score (nSPS) is 10.9.